The van der Waals surface area contributed by atoms with Gasteiger partial charge < -0.3 is 9.47 Å². The SMILES string of the molecule is CN=C(OC(=C(C)C)c1ccc(C(C)(F)F)cc1)[C@H]1CCC(S)CN1C(=O)OC(C)(C)C. The van der Waals surface area contributed by atoms with Crippen LogP contribution in [-0.4, -0.2) is 47.4 Å². The number of amides is 1. The standard InChI is InChI=1S/C24H34F2N2O3S/c1-15(2)20(16-8-10-17(11-9-16)24(6,25)26)30-21(27-7)19-13-12-18(32)14-28(19)22(29)31-23(3,4)5/h8-11,18-19,32H,12-14H2,1-7H3/t18?,19-/m1/s1. The third-order valence-corrected chi connectivity index (χ3v) is 5.43. The molecule has 5 nitrogen and oxygen atoms in total. The van der Waals surface area contributed by atoms with Gasteiger partial charge in [-0.2, -0.15) is 12.6 Å². The molecule has 1 aromatic rings. The topological polar surface area (TPSA) is 51.1 Å². The van der Waals surface area contributed by atoms with Crippen LogP contribution in [0.3, 0.4) is 0 Å². The molecule has 1 aliphatic heterocycles. The van der Waals surface area contributed by atoms with Gasteiger partial charge in [-0.25, -0.2) is 13.6 Å². The van der Waals surface area contributed by atoms with E-state index in [0.29, 0.717) is 30.2 Å². The van der Waals surface area contributed by atoms with E-state index in [4.69, 9.17) is 9.47 Å². The number of rotatable bonds is 4. The van der Waals surface area contributed by atoms with Gasteiger partial charge in [0.2, 0.25) is 5.90 Å². The maximum atomic E-state index is 13.6. The van der Waals surface area contributed by atoms with Crippen molar-refractivity contribution in [3.05, 3.63) is 41.0 Å². The van der Waals surface area contributed by atoms with E-state index >= 15 is 0 Å². The molecule has 32 heavy (non-hydrogen) atoms. The van der Waals surface area contributed by atoms with Crippen molar-refractivity contribution in [2.24, 2.45) is 4.99 Å². The Bertz CT molecular complexity index is 867. The highest BCUT2D eigenvalue weighted by Gasteiger charge is 2.37. The van der Waals surface area contributed by atoms with Gasteiger partial charge in [-0.1, -0.05) is 24.3 Å². The van der Waals surface area contributed by atoms with Crippen molar-refractivity contribution in [3.63, 3.8) is 0 Å². The zero-order chi connectivity index (χ0) is 24.3. The lowest BCUT2D eigenvalue weighted by atomic mass is 10.0. The Kier molecular flexibility index (Phi) is 8.37. The maximum absolute atomic E-state index is 13.6. The van der Waals surface area contributed by atoms with Crippen LogP contribution in [0.4, 0.5) is 13.6 Å². The largest absolute Gasteiger partial charge is 0.444 e. The summed E-state index contributed by atoms with van der Waals surface area (Å²) in [7, 11) is 1.61. The summed E-state index contributed by atoms with van der Waals surface area (Å²) >= 11 is 4.56. The van der Waals surface area contributed by atoms with Crippen molar-refractivity contribution >= 4 is 30.4 Å². The fourth-order valence-corrected chi connectivity index (χ4v) is 3.79. The Labute approximate surface area is 195 Å². The van der Waals surface area contributed by atoms with Gasteiger partial charge >= 0.3 is 6.09 Å². The van der Waals surface area contributed by atoms with Crippen molar-refractivity contribution in [2.45, 2.75) is 77.2 Å². The second kappa shape index (κ2) is 10.2. The summed E-state index contributed by atoms with van der Waals surface area (Å²) in [5.74, 6) is -2.02. The van der Waals surface area contributed by atoms with Gasteiger partial charge in [-0.3, -0.25) is 9.89 Å². The highest BCUT2D eigenvalue weighted by molar-refractivity contribution is 7.81. The first-order chi connectivity index (χ1) is 14.7. The molecule has 1 amide bonds. The molecule has 2 atom stereocenters. The Morgan fingerprint density at radius 3 is 2.19 bits per heavy atom. The van der Waals surface area contributed by atoms with Crippen LogP contribution in [0.25, 0.3) is 5.76 Å². The Morgan fingerprint density at radius 2 is 1.72 bits per heavy atom. The van der Waals surface area contributed by atoms with Crippen LogP contribution in [0, 0.1) is 0 Å². The number of hydrogen-bond acceptors (Lipinski definition) is 5. The number of nitrogens with zero attached hydrogens (tertiary/aromatic N) is 2. The molecular weight excluding hydrogens is 434 g/mol. The Balaban J connectivity index is 2.32. The summed E-state index contributed by atoms with van der Waals surface area (Å²) in [4.78, 5) is 18.8. The van der Waals surface area contributed by atoms with E-state index in [-0.39, 0.29) is 10.8 Å². The van der Waals surface area contributed by atoms with Gasteiger partial charge in [0.15, 0.2) is 0 Å². The molecule has 0 radical (unpaired) electrons. The molecule has 0 aromatic heterocycles. The molecule has 0 spiro atoms. The average molecular weight is 469 g/mol. The quantitative estimate of drug-likeness (QED) is 0.244. The van der Waals surface area contributed by atoms with Gasteiger partial charge in [0, 0.05) is 36.9 Å². The molecule has 8 heteroatoms. The first-order valence-corrected chi connectivity index (χ1v) is 11.2. The van der Waals surface area contributed by atoms with E-state index in [0.717, 1.165) is 18.9 Å². The Hall–Kier alpha value is -2.09. The monoisotopic (exact) mass is 468 g/mol. The number of benzene rings is 1. The van der Waals surface area contributed by atoms with E-state index in [2.05, 4.69) is 17.6 Å². The fraction of sp³-hybridized carbons (Fsp3) is 0.583. The second-order valence-electron chi connectivity index (χ2n) is 9.34. The molecule has 0 N–H and O–H groups in total. The van der Waals surface area contributed by atoms with Gasteiger partial charge in [0.05, 0.1) is 0 Å². The lowest BCUT2D eigenvalue weighted by molar-refractivity contribution is 0.0156. The highest BCUT2D eigenvalue weighted by Crippen LogP contribution is 2.31. The number of halogens is 2. The minimum absolute atomic E-state index is 0.0306. The van der Waals surface area contributed by atoms with E-state index in [1.165, 1.54) is 12.1 Å². The van der Waals surface area contributed by atoms with Crippen LogP contribution in [0.5, 0.6) is 0 Å². The summed E-state index contributed by atoms with van der Waals surface area (Å²) < 4.78 is 39.0. The lowest BCUT2D eigenvalue weighted by Crippen LogP contribution is -2.53. The fourth-order valence-electron chi connectivity index (χ4n) is 3.46. The summed E-state index contributed by atoms with van der Waals surface area (Å²) in [5.41, 5.74) is 0.811. The number of thiol groups is 1. The highest BCUT2D eigenvalue weighted by atomic mass is 32.1. The molecule has 1 unspecified atom stereocenters. The molecule has 1 aliphatic rings. The molecular formula is C24H34F2N2O3S. The molecule has 1 saturated heterocycles. The normalized spacial score (nSPS) is 20.1. The maximum Gasteiger partial charge on any atom is 0.411 e. The van der Waals surface area contributed by atoms with Crippen LogP contribution in [-0.2, 0) is 15.4 Å². The molecule has 2 rings (SSSR count). The van der Waals surface area contributed by atoms with Crippen molar-refractivity contribution in [1.82, 2.24) is 4.90 Å². The molecule has 178 valence electrons. The molecule has 1 heterocycles. The average Bonchev–Trinajstić information content (AvgIpc) is 2.67. The van der Waals surface area contributed by atoms with E-state index in [1.807, 2.05) is 34.6 Å². The van der Waals surface area contributed by atoms with Crippen molar-refractivity contribution in [3.8, 4) is 0 Å². The molecule has 0 aliphatic carbocycles. The van der Waals surface area contributed by atoms with Crippen LogP contribution in [0.15, 0.2) is 34.8 Å². The number of carbonyl (C=O) groups excluding carboxylic acids is 1. The van der Waals surface area contributed by atoms with Gasteiger partial charge in [-0.15, -0.1) is 0 Å². The second-order valence-corrected chi connectivity index (χ2v) is 10.1. The van der Waals surface area contributed by atoms with Crippen LogP contribution in [0.2, 0.25) is 0 Å². The van der Waals surface area contributed by atoms with E-state index in [1.54, 1.807) is 24.1 Å². The summed E-state index contributed by atoms with van der Waals surface area (Å²) in [6.45, 7) is 10.5. The van der Waals surface area contributed by atoms with E-state index < -0.39 is 23.7 Å². The van der Waals surface area contributed by atoms with Gasteiger partial charge in [0.1, 0.15) is 17.4 Å². The zero-order valence-electron chi connectivity index (χ0n) is 19.9. The predicted octanol–water partition coefficient (Wildman–Crippen LogP) is 6.29. The molecule has 1 aromatic carbocycles. The van der Waals surface area contributed by atoms with E-state index in [9.17, 15) is 13.6 Å². The van der Waals surface area contributed by atoms with Crippen molar-refractivity contribution in [2.75, 3.05) is 13.6 Å². The number of ether oxygens (including phenoxy) is 2. The van der Waals surface area contributed by atoms with Crippen LogP contribution < -0.4 is 0 Å². The Morgan fingerprint density at radius 1 is 1.12 bits per heavy atom. The lowest BCUT2D eigenvalue weighted by Gasteiger charge is -2.39. The molecule has 1 fully saturated rings. The third kappa shape index (κ3) is 6.95. The summed E-state index contributed by atoms with van der Waals surface area (Å²) in [6.07, 6.45) is 0.969. The van der Waals surface area contributed by atoms with Crippen molar-refractivity contribution < 1.29 is 23.0 Å². The van der Waals surface area contributed by atoms with Crippen LogP contribution >= 0.6 is 12.6 Å². The number of carbonyl (C=O) groups is 1. The van der Waals surface area contributed by atoms with Gasteiger partial charge in [-0.05, 0) is 53.0 Å². The minimum Gasteiger partial charge on any atom is -0.444 e. The summed E-state index contributed by atoms with van der Waals surface area (Å²) in [6, 6.07) is 5.59. The van der Waals surface area contributed by atoms with Crippen molar-refractivity contribution in [1.29, 1.82) is 0 Å². The van der Waals surface area contributed by atoms with Crippen LogP contribution in [0.1, 0.15) is 65.5 Å². The number of allylic oxidation sites excluding steroid dienone is 1. The number of hydrogen-bond donors (Lipinski definition) is 1. The molecule has 0 bridgehead atoms. The number of aliphatic imine (C=N–C) groups is 1. The first kappa shape index (κ1) is 26.2. The first-order valence-electron chi connectivity index (χ1n) is 10.7. The zero-order valence-corrected chi connectivity index (χ0v) is 20.8. The third-order valence-electron chi connectivity index (χ3n) is 5.01. The number of piperidine rings is 1. The smallest absolute Gasteiger partial charge is 0.411 e. The number of alkyl halides is 2. The number of likely N-dealkylation sites (tertiary alicyclic amines) is 1. The minimum atomic E-state index is -2.92. The molecule has 0 saturated carbocycles. The van der Waals surface area contributed by atoms with Gasteiger partial charge in [0.25, 0.3) is 5.92 Å². The summed E-state index contributed by atoms with van der Waals surface area (Å²) in [5, 5.41) is 0.0306. The predicted molar refractivity (Wildman–Crippen MR) is 127 cm³/mol.